The molecule has 1 amide bonds. The molecular formula is C16H30N2O. The molecule has 19 heavy (non-hydrogen) atoms. The maximum Gasteiger partial charge on any atom is 0.239 e. The van der Waals surface area contributed by atoms with Gasteiger partial charge >= 0.3 is 0 Å². The van der Waals surface area contributed by atoms with Crippen molar-refractivity contribution >= 4 is 5.91 Å². The maximum absolute atomic E-state index is 12.4. The summed E-state index contributed by atoms with van der Waals surface area (Å²) in [6, 6.07) is -0.301. The molecule has 0 bridgehead atoms. The van der Waals surface area contributed by atoms with Gasteiger partial charge in [-0.25, -0.2) is 0 Å². The fourth-order valence-corrected chi connectivity index (χ4v) is 3.71. The normalized spacial score (nSPS) is 26.2. The van der Waals surface area contributed by atoms with Crippen LogP contribution in [0.15, 0.2) is 0 Å². The molecule has 0 aromatic heterocycles. The van der Waals surface area contributed by atoms with Crippen molar-refractivity contribution in [3.63, 3.8) is 0 Å². The van der Waals surface area contributed by atoms with Crippen LogP contribution in [-0.4, -0.2) is 29.9 Å². The summed E-state index contributed by atoms with van der Waals surface area (Å²) in [5.74, 6) is 0.470. The van der Waals surface area contributed by atoms with Gasteiger partial charge in [-0.05, 0) is 37.0 Å². The van der Waals surface area contributed by atoms with E-state index in [0.29, 0.717) is 5.41 Å². The van der Waals surface area contributed by atoms with Crippen molar-refractivity contribution in [2.75, 3.05) is 13.1 Å². The Kier molecular flexibility index (Phi) is 4.88. The standard InChI is InChI=1S/C16H30N2O/c1-3-13(2)14(17)15(19)18-11-9-16(10-12-18)7-5-4-6-8-16/h13-14H,3-12,17H2,1-2H3/t13-,14-/m0/s1. The van der Waals surface area contributed by atoms with E-state index in [2.05, 4.69) is 13.8 Å². The maximum atomic E-state index is 12.4. The summed E-state index contributed by atoms with van der Waals surface area (Å²) < 4.78 is 0. The van der Waals surface area contributed by atoms with E-state index in [4.69, 9.17) is 5.73 Å². The lowest BCUT2D eigenvalue weighted by atomic mass is 9.68. The molecule has 1 spiro atoms. The minimum absolute atomic E-state index is 0.181. The van der Waals surface area contributed by atoms with Crippen LogP contribution in [0.25, 0.3) is 0 Å². The Balaban J connectivity index is 1.87. The predicted octanol–water partition coefficient (Wildman–Crippen LogP) is 2.93. The van der Waals surface area contributed by atoms with E-state index in [-0.39, 0.29) is 17.9 Å². The summed E-state index contributed by atoms with van der Waals surface area (Å²) in [6.07, 6.45) is 10.3. The largest absolute Gasteiger partial charge is 0.341 e. The van der Waals surface area contributed by atoms with Crippen LogP contribution >= 0.6 is 0 Å². The smallest absolute Gasteiger partial charge is 0.239 e. The molecule has 2 fully saturated rings. The Morgan fingerprint density at radius 2 is 1.74 bits per heavy atom. The first-order valence-corrected chi connectivity index (χ1v) is 8.12. The quantitative estimate of drug-likeness (QED) is 0.853. The zero-order valence-electron chi connectivity index (χ0n) is 12.7. The van der Waals surface area contributed by atoms with Gasteiger partial charge in [-0.15, -0.1) is 0 Å². The number of carbonyl (C=O) groups is 1. The molecule has 1 aliphatic carbocycles. The first-order valence-electron chi connectivity index (χ1n) is 8.12. The molecule has 1 heterocycles. The van der Waals surface area contributed by atoms with Crippen molar-refractivity contribution in [1.29, 1.82) is 0 Å². The summed E-state index contributed by atoms with van der Waals surface area (Å²) in [4.78, 5) is 14.4. The Morgan fingerprint density at radius 3 is 2.26 bits per heavy atom. The molecular weight excluding hydrogens is 236 g/mol. The van der Waals surface area contributed by atoms with Crippen LogP contribution < -0.4 is 5.73 Å². The monoisotopic (exact) mass is 266 g/mol. The molecule has 1 saturated carbocycles. The van der Waals surface area contributed by atoms with Gasteiger partial charge in [0.2, 0.25) is 5.91 Å². The number of amides is 1. The molecule has 2 rings (SSSR count). The van der Waals surface area contributed by atoms with Crippen LogP contribution in [0.2, 0.25) is 0 Å². The van der Waals surface area contributed by atoms with Crippen molar-refractivity contribution in [2.45, 2.75) is 71.3 Å². The summed E-state index contributed by atoms with van der Waals surface area (Å²) in [5.41, 5.74) is 6.65. The van der Waals surface area contributed by atoms with E-state index < -0.39 is 0 Å². The molecule has 0 aromatic rings. The molecule has 1 aliphatic heterocycles. The second-order valence-corrected chi connectivity index (χ2v) is 6.80. The van der Waals surface area contributed by atoms with Gasteiger partial charge < -0.3 is 10.6 Å². The number of rotatable bonds is 3. The Labute approximate surface area is 117 Å². The summed E-state index contributed by atoms with van der Waals surface area (Å²) in [5, 5.41) is 0. The van der Waals surface area contributed by atoms with E-state index in [1.165, 1.54) is 44.9 Å². The van der Waals surface area contributed by atoms with E-state index in [0.717, 1.165) is 19.5 Å². The third kappa shape index (κ3) is 3.31. The van der Waals surface area contributed by atoms with Gasteiger partial charge in [-0.2, -0.15) is 0 Å². The van der Waals surface area contributed by atoms with E-state index in [1.807, 2.05) is 4.90 Å². The Hall–Kier alpha value is -0.570. The fraction of sp³-hybridized carbons (Fsp3) is 0.938. The number of nitrogens with zero attached hydrogens (tertiary/aromatic N) is 1. The lowest BCUT2D eigenvalue weighted by Gasteiger charge is -2.45. The SMILES string of the molecule is CC[C@H](C)[C@H](N)C(=O)N1CCC2(CCCCC2)CC1. The number of piperidine rings is 1. The third-order valence-electron chi connectivity index (χ3n) is 5.59. The van der Waals surface area contributed by atoms with Gasteiger partial charge in [0.1, 0.15) is 0 Å². The highest BCUT2D eigenvalue weighted by Gasteiger charge is 2.37. The van der Waals surface area contributed by atoms with Gasteiger partial charge in [0.15, 0.2) is 0 Å². The van der Waals surface area contributed by atoms with Gasteiger partial charge in [-0.3, -0.25) is 4.79 Å². The molecule has 2 N–H and O–H groups in total. The van der Waals surface area contributed by atoms with Crippen molar-refractivity contribution in [3.8, 4) is 0 Å². The molecule has 2 atom stereocenters. The third-order valence-corrected chi connectivity index (χ3v) is 5.59. The summed E-state index contributed by atoms with van der Waals surface area (Å²) >= 11 is 0. The highest BCUT2D eigenvalue weighted by Crippen LogP contribution is 2.44. The first-order chi connectivity index (χ1) is 9.08. The topological polar surface area (TPSA) is 46.3 Å². The van der Waals surface area contributed by atoms with E-state index in [1.54, 1.807) is 0 Å². The van der Waals surface area contributed by atoms with Crippen LogP contribution in [0, 0.1) is 11.3 Å². The second kappa shape index (κ2) is 6.25. The van der Waals surface area contributed by atoms with E-state index >= 15 is 0 Å². The molecule has 2 aliphatic rings. The minimum atomic E-state index is -0.301. The van der Waals surface area contributed by atoms with Gasteiger partial charge in [0, 0.05) is 13.1 Å². The average Bonchev–Trinajstić information content (AvgIpc) is 2.46. The molecule has 1 saturated heterocycles. The van der Waals surface area contributed by atoms with Crippen molar-refractivity contribution < 1.29 is 4.79 Å². The highest BCUT2D eigenvalue weighted by atomic mass is 16.2. The lowest BCUT2D eigenvalue weighted by molar-refractivity contribution is -0.136. The van der Waals surface area contributed by atoms with Crippen molar-refractivity contribution in [1.82, 2.24) is 4.90 Å². The zero-order valence-corrected chi connectivity index (χ0v) is 12.7. The Bertz CT molecular complexity index is 300. The first kappa shape index (κ1) is 14.8. The minimum Gasteiger partial charge on any atom is -0.341 e. The summed E-state index contributed by atoms with van der Waals surface area (Å²) in [6.45, 7) is 6.05. The number of carbonyl (C=O) groups excluding carboxylic acids is 1. The van der Waals surface area contributed by atoms with Crippen LogP contribution in [0.4, 0.5) is 0 Å². The second-order valence-electron chi connectivity index (χ2n) is 6.80. The predicted molar refractivity (Wildman–Crippen MR) is 78.8 cm³/mol. The van der Waals surface area contributed by atoms with Gasteiger partial charge in [0.05, 0.1) is 6.04 Å². The molecule has 0 unspecified atom stereocenters. The Morgan fingerprint density at radius 1 is 1.16 bits per heavy atom. The number of hydrogen-bond donors (Lipinski definition) is 1. The molecule has 0 radical (unpaired) electrons. The van der Waals surface area contributed by atoms with Crippen molar-refractivity contribution in [2.24, 2.45) is 17.1 Å². The zero-order chi connectivity index (χ0) is 13.9. The molecule has 110 valence electrons. The molecule has 3 nitrogen and oxygen atoms in total. The van der Waals surface area contributed by atoms with Crippen LogP contribution in [0.3, 0.4) is 0 Å². The highest BCUT2D eigenvalue weighted by molar-refractivity contribution is 5.82. The number of likely N-dealkylation sites (tertiary alicyclic amines) is 1. The lowest BCUT2D eigenvalue weighted by Crippen LogP contribution is -2.51. The van der Waals surface area contributed by atoms with Gasteiger partial charge in [-0.1, -0.05) is 39.5 Å². The summed E-state index contributed by atoms with van der Waals surface area (Å²) in [7, 11) is 0. The average molecular weight is 266 g/mol. The molecule has 3 heteroatoms. The molecule has 0 aromatic carbocycles. The van der Waals surface area contributed by atoms with E-state index in [9.17, 15) is 4.79 Å². The van der Waals surface area contributed by atoms with Crippen molar-refractivity contribution in [3.05, 3.63) is 0 Å². The fourth-order valence-electron chi connectivity index (χ4n) is 3.71. The van der Waals surface area contributed by atoms with Crippen LogP contribution in [0.5, 0.6) is 0 Å². The van der Waals surface area contributed by atoms with Crippen LogP contribution in [0.1, 0.15) is 65.2 Å². The van der Waals surface area contributed by atoms with Gasteiger partial charge in [0.25, 0.3) is 0 Å². The number of hydrogen-bond acceptors (Lipinski definition) is 2. The number of nitrogens with two attached hydrogens (primary N) is 1. The van der Waals surface area contributed by atoms with Crippen LogP contribution in [-0.2, 0) is 4.79 Å².